The first-order valence-electron chi connectivity index (χ1n) is 10.5. The van der Waals surface area contributed by atoms with Gasteiger partial charge in [0.05, 0.1) is 19.1 Å². The van der Waals surface area contributed by atoms with E-state index in [1.165, 1.54) is 0 Å². The van der Waals surface area contributed by atoms with Crippen LogP contribution < -0.4 is 4.74 Å². The molecule has 0 unspecified atom stereocenters. The Morgan fingerprint density at radius 1 is 1.33 bits per heavy atom. The van der Waals surface area contributed by atoms with Crippen LogP contribution in [0.1, 0.15) is 56.1 Å². The van der Waals surface area contributed by atoms with Crippen LogP contribution in [-0.4, -0.2) is 45.9 Å². The van der Waals surface area contributed by atoms with Crippen LogP contribution >= 0.6 is 22.9 Å². The highest BCUT2D eigenvalue weighted by molar-refractivity contribution is 7.11. The molecular formula is C22H32ClN3O3S. The molecule has 0 amide bonds. The summed E-state index contributed by atoms with van der Waals surface area (Å²) in [6.07, 6.45) is 2.27. The van der Waals surface area contributed by atoms with Crippen molar-refractivity contribution in [1.29, 1.82) is 0 Å². The standard InChI is InChI=1S/C18H22ClN3O3S.C4H10/c1-2-25-15-6-5-14(19)8-13(15)9-16-20-21-17(26-16)11-22-7-3-4-12(10-22)18(23)24;1-4(2)3/h5-6,8,12H,2-4,7,9-11H2,1H3,(H,23,24);4H,1-3H3/t12-;/m1./s1. The van der Waals surface area contributed by atoms with Crippen LogP contribution in [0.3, 0.4) is 0 Å². The van der Waals surface area contributed by atoms with Gasteiger partial charge in [-0.15, -0.1) is 10.2 Å². The molecule has 0 bridgehead atoms. The molecule has 0 aliphatic carbocycles. The van der Waals surface area contributed by atoms with Gasteiger partial charge in [-0.25, -0.2) is 0 Å². The van der Waals surface area contributed by atoms with Crippen molar-refractivity contribution in [1.82, 2.24) is 15.1 Å². The van der Waals surface area contributed by atoms with Crippen molar-refractivity contribution in [2.75, 3.05) is 19.7 Å². The zero-order chi connectivity index (χ0) is 22.1. The lowest BCUT2D eigenvalue weighted by molar-refractivity contribution is -0.143. The second-order valence-corrected chi connectivity index (χ2v) is 9.68. The molecule has 1 aliphatic heterocycles. The van der Waals surface area contributed by atoms with Gasteiger partial charge in [0.25, 0.3) is 0 Å². The largest absolute Gasteiger partial charge is 0.494 e. The molecule has 30 heavy (non-hydrogen) atoms. The number of hydrogen-bond donors (Lipinski definition) is 1. The fourth-order valence-corrected chi connectivity index (χ4v) is 4.27. The molecule has 0 radical (unpaired) electrons. The van der Waals surface area contributed by atoms with Crippen LogP contribution in [0, 0.1) is 11.8 Å². The number of nitrogens with zero attached hydrogens (tertiary/aromatic N) is 3. The lowest BCUT2D eigenvalue weighted by Crippen LogP contribution is -2.38. The Labute approximate surface area is 188 Å². The molecule has 6 nitrogen and oxygen atoms in total. The maximum Gasteiger partial charge on any atom is 0.307 e. The normalized spacial score (nSPS) is 16.8. The number of rotatable bonds is 7. The van der Waals surface area contributed by atoms with Crippen LogP contribution in [0.25, 0.3) is 0 Å². The predicted octanol–water partition coefficient (Wildman–Crippen LogP) is 5.14. The van der Waals surface area contributed by atoms with E-state index in [0.29, 0.717) is 31.1 Å². The minimum Gasteiger partial charge on any atom is -0.494 e. The fraction of sp³-hybridized carbons (Fsp3) is 0.591. The molecular weight excluding hydrogens is 422 g/mol. The van der Waals surface area contributed by atoms with Crippen LogP contribution in [0.2, 0.25) is 5.02 Å². The van der Waals surface area contributed by atoms with Crippen molar-refractivity contribution in [2.24, 2.45) is 11.8 Å². The fourth-order valence-electron chi connectivity index (χ4n) is 3.16. The van der Waals surface area contributed by atoms with Gasteiger partial charge in [-0.1, -0.05) is 43.7 Å². The van der Waals surface area contributed by atoms with Crippen molar-refractivity contribution >= 4 is 28.9 Å². The maximum absolute atomic E-state index is 11.2. The van der Waals surface area contributed by atoms with E-state index < -0.39 is 5.97 Å². The number of ether oxygens (including phenoxy) is 1. The smallest absolute Gasteiger partial charge is 0.307 e. The van der Waals surface area contributed by atoms with Crippen LogP contribution in [0.5, 0.6) is 5.75 Å². The average molecular weight is 454 g/mol. The Morgan fingerprint density at radius 2 is 2.03 bits per heavy atom. The number of aromatic nitrogens is 2. The van der Waals surface area contributed by atoms with Gasteiger partial charge in [0.2, 0.25) is 0 Å². The first-order valence-corrected chi connectivity index (χ1v) is 11.7. The quantitative estimate of drug-likeness (QED) is 0.625. The van der Waals surface area contributed by atoms with Gasteiger partial charge in [0.15, 0.2) is 0 Å². The molecule has 1 saturated heterocycles. The summed E-state index contributed by atoms with van der Waals surface area (Å²) in [4.78, 5) is 13.3. The lowest BCUT2D eigenvalue weighted by atomic mass is 9.98. The number of hydrogen-bond acceptors (Lipinski definition) is 6. The Hall–Kier alpha value is -1.70. The molecule has 3 rings (SSSR count). The van der Waals surface area contributed by atoms with Crippen molar-refractivity contribution in [2.45, 2.75) is 53.5 Å². The third kappa shape index (κ3) is 8.20. The molecule has 2 heterocycles. The zero-order valence-corrected chi connectivity index (χ0v) is 19.8. The number of aliphatic carboxylic acids is 1. The van der Waals surface area contributed by atoms with E-state index in [2.05, 4.69) is 35.9 Å². The summed E-state index contributed by atoms with van der Waals surface area (Å²) in [5.41, 5.74) is 0.992. The highest BCUT2D eigenvalue weighted by atomic mass is 35.5. The summed E-state index contributed by atoms with van der Waals surface area (Å²) in [5.74, 6) is 0.655. The lowest BCUT2D eigenvalue weighted by Gasteiger charge is -2.29. The summed E-state index contributed by atoms with van der Waals surface area (Å²) < 4.78 is 5.66. The summed E-state index contributed by atoms with van der Waals surface area (Å²) >= 11 is 7.67. The summed E-state index contributed by atoms with van der Waals surface area (Å²) in [7, 11) is 0. The minimum absolute atomic E-state index is 0.281. The van der Waals surface area contributed by atoms with Crippen molar-refractivity contribution < 1.29 is 14.6 Å². The van der Waals surface area contributed by atoms with Gasteiger partial charge in [-0.05, 0) is 50.4 Å². The van der Waals surface area contributed by atoms with Crippen LogP contribution in [-0.2, 0) is 17.8 Å². The van der Waals surface area contributed by atoms with E-state index >= 15 is 0 Å². The Bertz CT molecular complexity index is 810. The topological polar surface area (TPSA) is 75.6 Å². The van der Waals surface area contributed by atoms with Gasteiger partial charge in [-0.3, -0.25) is 9.69 Å². The number of carboxylic acids is 1. The monoisotopic (exact) mass is 453 g/mol. The van der Waals surface area contributed by atoms with Crippen molar-refractivity contribution in [3.63, 3.8) is 0 Å². The zero-order valence-electron chi connectivity index (χ0n) is 18.2. The van der Waals surface area contributed by atoms with E-state index in [4.69, 9.17) is 16.3 Å². The van der Waals surface area contributed by atoms with Crippen molar-refractivity contribution in [3.8, 4) is 5.75 Å². The van der Waals surface area contributed by atoms with Crippen LogP contribution in [0.15, 0.2) is 18.2 Å². The number of halogens is 1. The maximum atomic E-state index is 11.2. The summed E-state index contributed by atoms with van der Waals surface area (Å²) in [6.45, 7) is 11.2. The van der Waals surface area contributed by atoms with Crippen LogP contribution in [0.4, 0.5) is 0 Å². The highest BCUT2D eigenvalue weighted by Crippen LogP contribution is 2.27. The van der Waals surface area contributed by atoms with Gasteiger partial charge >= 0.3 is 5.97 Å². The van der Waals surface area contributed by atoms with E-state index in [1.807, 2.05) is 25.1 Å². The third-order valence-electron chi connectivity index (χ3n) is 4.39. The summed E-state index contributed by atoms with van der Waals surface area (Å²) in [5, 5.41) is 20.3. The molecule has 0 saturated carbocycles. The Kier molecular flexibility index (Phi) is 10.0. The number of likely N-dealkylation sites (tertiary alicyclic amines) is 1. The molecule has 1 aromatic carbocycles. The molecule has 1 aromatic heterocycles. The Balaban J connectivity index is 0.000000735. The molecule has 1 N–H and O–H groups in total. The second-order valence-electron chi connectivity index (χ2n) is 8.10. The third-order valence-corrected chi connectivity index (χ3v) is 5.53. The number of benzene rings is 1. The highest BCUT2D eigenvalue weighted by Gasteiger charge is 2.26. The van der Waals surface area contributed by atoms with Crippen molar-refractivity contribution in [3.05, 3.63) is 38.8 Å². The van der Waals surface area contributed by atoms with Gasteiger partial charge in [0, 0.05) is 23.6 Å². The number of carboxylic acid groups (broad SMARTS) is 1. The molecule has 0 spiro atoms. The SMILES string of the molecule is CC(C)C.CCOc1ccc(Cl)cc1Cc1nnc(CN2CCC[C@@H](C(=O)O)C2)s1. The van der Waals surface area contributed by atoms with Gasteiger partial charge in [0.1, 0.15) is 15.8 Å². The molecule has 1 fully saturated rings. The van der Waals surface area contributed by atoms with E-state index in [1.54, 1.807) is 11.3 Å². The van der Waals surface area contributed by atoms with Gasteiger partial charge < -0.3 is 9.84 Å². The molecule has 1 aliphatic rings. The number of carbonyl (C=O) groups is 1. The predicted molar refractivity (Wildman–Crippen MR) is 121 cm³/mol. The molecule has 1 atom stereocenters. The van der Waals surface area contributed by atoms with E-state index in [9.17, 15) is 9.90 Å². The number of piperidine rings is 1. The summed E-state index contributed by atoms with van der Waals surface area (Å²) in [6, 6.07) is 5.59. The Morgan fingerprint density at radius 3 is 2.70 bits per heavy atom. The van der Waals surface area contributed by atoms with E-state index in [-0.39, 0.29) is 5.92 Å². The van der Waals surface area contributed by atoms with Gasteiger partial charge in [-0.2, -0.15) is 0 Å². The van der Waals surface area contributed by atoms with E-state index in [0.717, 1.165) is 46.6 Å². The molecule has 8 heteroatoms. The second kappa shape index (κ2) is 12.2. The average Bonchev–Trinajstić information content (AvgIpc) is 3.10. The first-order chi connectivity index (χ1) is 14.3. The first kappa shape index (κ1) is 24.6. The molecule has 2 aromatic rings. The molecule has 166 valence electrons. The minimum atomic E-state index is -0.711.